The summed E-state index contributed by atoms with van der Waals surface area (Å²) in [5.41, 5.74) is 7.13. The Morgan fingerprint density at radius 1 is 1.06 bits per heavy atom. The van der Waals surface area contributed by atoms with E-state index in [9.17, 15) is 24.0 Å². The van der Waals surface area contributed by atoms with E-state index in [0.717, 1.165) is 41.0 Å². The molecule has 3 N–H and O–H groups in total. The Hall–Kier alpha value is -3.53. The molecule has 1 aliphatic heterocycles. The van der Waals surface area contributed by atoms with E-state index >= 15 is 0 Å². The predicted octanol–water partition coefficient (Wildman–Crippen LogP) is 2.17. The fourth-order valence-corrected chi connectivity index (χ4v) is 5.24. The molecule has 0 bridgehead atoms. The quantitative estimate of drug-likeness (QED) is 0.506. The molecule has 1 aliphatic carbocycles. The lowest BCUT2D eigenvalue weighted by Crippen LogP contribution is -2.28. The second-order valence-corrected chi connectivity index (χ2v) is 8.68. The fourth-order valence-electron chi connectivity index (χ4n) is 3.93. The van der Waals surface area contributed by atoms with Crippen molar-refractivity contribution < 1.29 is 28.7 Å². The van der Waals surface area contributed by atoms with Gasteiger partial charge in [0.2, 0.25) is 11.8 Å². The Morgan fingerprint density at radius 2 is 1.78 bits per heavy atom. The first-order chi connectivity index (χ1) is 15.3. The van der Waals surface area contributed by atoms with Crippen LogP contribution in [0, 0.1) is 0 Å². The van der Waals surface area contributed by atoms with Crippen molar-refractivity contribution in [2.24, 2.45) is 5.73 Å². The number of thiophene rings is 1. The van der Waals surface area contributed by atoms with E-state index in [1.807, 2.05) is 0 Å². The largest absolute Gasteiger partial charge is 0.452 e. The van der Waals surface area contributed by atoms with Gasteiger partial charge in [-0.15, -0.1) is 11.3 Å². The van der Waals surface area contributed by atoms with Crippen LogP contribution in [0.5, 0.6) is 0 Å². The smallest absolute Gasteiger partial charge is 0.338 e. The van der Waals surface area contributed by atoms with Crippen LogP contribution in [-0.2, 0) is 32.0 Å². The summed E-state index contributed by atoms with van der Waals surface area (Å²) in [4.78, 5) is 62.6. The normalized spacial score (nSPS) is 15.4. The van der Waals surface area contributed by atoms with Crippen molar-refractivity contribution in [2.75, 3.05) is 16.8 Å². The zero-order valence-corrected chi connectivity index (χ0v) is 18.0. The van der Waals surface area contributed by atoms with Gasteiger partial charge in [0.1, 0.15) is 5.00 Å². The van der Waals surface area contributed by atoms with Gasteiger partial charge in [-0.1, -0.05) is 6.07 Å². The van der Waals surface area contributed by atoms with Gasteiger partial charge in [0, 0.05) is 17.7 Å². The third-order valence-corrected chi connectivity index (χ3v) is 6.60. The molecule has 4 rings (SSSR count). The van der Waals surface area contributed by atoms with Crippen molar-refractivity contribution in [3.63, 3.8) is 0 Å². The zero-order chi connectivity index (χ0) is 22.8. The average molecular weight is 455 g/mol. The molecule has 4 amide bonds. The highest BCUT2D eigenvalue weighted by Crippen LogP contribution is 2.37. The first-order valence-electron chi connectivity index (χ1n) is 10.2. The molecule has 0 saturated carbocycles. The highest BCUT2D eigenvalue weighted by atomic mass is 32.1. The molecule has 2 heterocycles. The number of benzene rings is 1. The van der Waals surface area contributed by atoms with Crippen LogP contribution in [0.3, 0.4) is 0 Å². The van der Waals surface area contributed by atoms with Gasteiger partial charge in [-0.05, 0) is 49.4 Å². The van der Waals surface area contributed by atoms with Crippen molar-refractivity contribution in [3.05, 3.63) is 45.8 Å². The van der Waals surface area contributed by atoms with Gasteiger partial charge in [0.25, 0.3) is 11.8 Å². The maximum absolute atomic E-state index is 12.4. The first kappa shape index (κ1) is 21.7. The Morgan fingerprint density at radius 3 is 2.50 bits per heavy atom. The number of esters is 1. The molecule has 1 fully saturated rings. The highest BCUT2D eigenvalue weighted by molar-refractivity contribution is 7.17. The minimum atomic E-state index is -0.776. The van der Waals surface area contributed by atoms with Crippen LogP contribution >= 0.6 is 11.3 Å². The first-order valence-corrected chi connectivity index (χ1v) is 11.0. The lowest BCUT2D eigenvalue weighted by Gasteiger charge is -2.14. The molecule has 9 nitrogen and oxygen atoms in total. The third kappa shape index (κ3) is 4.26. The zero-order valence-electron chi connectivity index (χ0n) is 17.1. The predicted molar refractivity (Wildman–Crippen MR) is 117 cm³/mol. The molecule has 2 aromatic rings. The van der Waals surface area contributed by atoms with Gasteiger partial charge in [-0.25, -0.2) is 4.79 Å². The average Bonchev–Trinajstić information content (AvgIpc) is 3.30. The van der Waals surface area contributed by atoms with Gasteiger partial charge in [0.15, 0.2) is 6.61 Å². The molecule has 0 atom stereocenters. The number of amides is 4. The van der Waals surface area contributed by atoms with Gasteiger partial charge in [0.05, 0.1) is 16.8 Å². The summed E-state index contributed by atoms with van der Waals surface area (Å²) >= 11 is 1.32. The summed E-state index contributed by atoms with van der Waals surface area (Å²) in [5, 5.41) is 3.00. The van der Waals surface area contributed by atoms with Crippen LogP contribution in [-0.4, -0.2) is 36.2 Å². The number of hydrogen-bond donors (Lipinski definition) is 2. The number of carbonyl (C=O) groups is 5. The number of nitrogens with two attached hydrogens (primary N) is 1. The molecule has 10 heteroatoms. The molecular weight excluding hydrogens is 434 g/mol. The van der Waals surface area contributed by atoms with Crippen molar-refractivity contribution in [1.82, 2.24) is 0 Å². The van der Waals surface area contributed by atoms with E-state index < -0.39 is 24.4 Å². The summed E-state index contributed by atoms with van der Waals surface area (Å²) in [7, 11) is 0. The van der Waals surface area contributed by atoms with Crippen LogP contribution in [0.15, 0.2) is 24.3 Å². The Bertz CT molecular complexity index is 1120. The number of primary amides is 1. The summed E-state index contributed by atoms with van der Waals surface area (Å²) in [6.45, 7) is -0.564. The monoisotopic (exact) mass is 455 g/mol. The molecule has 1 aromatic heterocycles. The van der Waals surface area contributed by atoms with Crippen molar-refractivity contribution in [3.8, 4) is 0 Å². The van der Waals surface area contributed by atoms with Gasteiger partial charge in [-0.3, -0.25) is 24.1 Å². The molecule has 166 valence electrons. The van der Waals surface area contributed by atoms with E-state index in [2.05, 4.69) is 5.32 Å². The minimum absolute atomic E-state index is 0.104. The highest BCUT2D eigenvalue weighted by Gasteiger charge is 2.31. The van der Waals surface area contributed by atoms with Gasteiger partial charge >= 0.3 is 5.97 Å². The number of ether oxygens (including phenoxy) is 1. The minimum Gasteiger partial charge on any atom is -0.452 e. The van der Waals surface area contributed by atoms with E-state index in [1.54, 1.807) is 6.07 Å². The van der Waals surface area contributed by atoms with Crippen LogP contribution < -0.4 is 16.0 Å². The van der Waals surface area contributed by atoms with E-state index in [-0.39, 0.29) is 35.9 Å². The molecular formula is C22H21N3O6S. The molecule has 0 unspecified atom stereocenters. The van der Waals surface area contributed by atoms with Crippen LogP contribution in [0.4, 0.5) is 10.7 Å². The topological polar surface area (TPSA) is 136 Å². The van der Waals surface area contributed by atoms with E-state index in [4.69, 9.17) is 10.5 Å². The number of carbonyl (C=O) groups excluding carboxylic acids is 5. The second-order valence-electron chi connectivity index (χ2n) is 7.58. The Balaban J connectivity index is 1.41. The lowest BCUT2D eigenvalue weighted by molar-refractivity contribution is -0.121. The molecule has 32 heavy (non-hydrogen) atoms. The standard InChI is InChI=1S/C22H21N3O6S/c23-20(29)19-14-6-1-2-7-15(14)32-21(19)24-16(26)11-31-22(30)12-4-3-5-13(10-12)25-17(27)8-9-18(25)28/h3-5,10H,1-2,6-9,11H2,(H2,23,29)(H,24,26). The number of aryl methyl sites for hydroxylation is 1. The van der Waals surface area contributed by atoms with Crippen molar-refractivity contribution in [1.29, 1.82) is 0 Å². The number of nitrogens with zero attached hydrogens (tertiary/aromatic N) is 1. The molecule has 0 radical (unpaired) electrons. The molecule has 0 spiro atoms. The van der Waals surface area contributed by atoms with E-state index in [0.29, 0.717) is 10.6 Å². The van der Waals surface area contributed by atoms with E-state index in [1.165, 1.54) is 29.5 Å². The van der Waals surface area contributed by atoms with Gasteiger partial charge < -0.3 is 15.8 Å². The number of fused-ring (bicyclic) bond motifs is 1. The molecule has 2 aliphatic rings. The summed E-state index contributed by atoms with van der Waals surface area (Å²) in [6, 6.07) is 5.92. The fraction of sp³-hybridized carbons (Fsp3) is 0.318. The summed E-state index contributed by atoms with van der Waals surface area (Å²) < 4.78 is 5.08. The number of rotatable bonds is 6. The number of nitrogens with one attached hydrogen (secondary N) is 1. The van der Waals surface area contributed by atoms with Gasteiger partial charge in [-0.2, -0.15) is 0 Å². The molecule has 1 aromatic carbocycles. The van der Waals surface area contributed by atoms with Crippen LogP contribution in [0.2, 0.25) is 0 Å². The Labute approximate surface area is 187 Å². The summed E-state index contributed by atoms with van der Waals surface area (Å²) in [5.74, 6) is -2.63. The molecule has 1 saturated heterocycles. The maximum Gasteiger partial charge on any atom is 0.338 e. The van der Waals surface area contributed by atoms with Crippen LogP contribution in [0.25, 0.3) is 0 Å². The second kappa shape index (κ2) is 8.91. The van der Waals surface area contributed by atoms with Crippen molar-refractivity contribution in [2.45, 2.75) is 38.5 Å². The number of anilines is 2. The third-order valence-electron chi connectivity index (χ3n) is 5.40. The number of imide groups is 1. The van der Waals surface area contributed by atoms with Crippen LogP contribution in [0.1, 0.15) is 56.8 Å². The van der Waals surface area contributed by atoms with Crippen molar-refractivity contribution >= 4 is 51.6 Å². The summed E-state index contributed by atoms with van der Waals surface area (Å²) in [6.07, 6.45) is 3.82. The maximum atomic E-state index is 12.4. The lowest BCUT2D eigenvalue weighted by atomic mass is 9.95. The number of hydrogen-bond acceptors (Lipinski definition) is 7. The Kier molecular flexibility index (Phi) is 6.04. The SMILES string of the molecule is NC(=O)c1c(NC(=O)COC(=O)c2cccc(N3C(=O)CCC3=O)c2)sc2c1CCCC2.